The van der Waals surface area contributed by atoms with Gasteiger partial charge in [-0.05, 0) is 212 Å². The maximum Gasteiger partial charge on any atom is 0.0890 e. The second kappa shape index (κ2) is 29.2. The van der Waals surface area contributed by atoms with Crippen LogP contribution >= 0.6 is 0 Å². The molecule has 4 fully saturated rings. The fourth-order valence-corrected chi connectivity index (χ4v) is 13.8. The standard InChI is InChI=1S/C74H84N2.C3H8/c1-2-7-21-61(20-6-1)65-28-16-30-70(50-40-65)76(74-55-45-68(46-56-74)64-26-12-5-13-27-64)71-48-38-60(39-49-71)36-35-58-18-14-17-57(31-32-58)33-34-59-19-15-29-69(47-37-59)75(72-51-41-66(42-52-72)62-22-8-3-9-23-62)73-53-43-67(44-54-73)63-24-10-4-11-25-63;1-3-2/h15,17-19,30-56,61-65H,1-14,16,20-28H2;3H2,1-2H3/b34-33+,36-35+;. The predicted molar refractivity (Wildman–Crippen MR) is 342 cm³/mol. The van der Waals surface area contributed by atoms with Crippen LogP contribution in [-0.4, -0.2) is 0 Å². The van der Waals surface area contributed by atoms with Gasteiger partial charge in [-0.2, -0.15) is 0 Å². The second-order valence-electron chi connectivity index (χ2n) is 24.1. The van der Waals surface area contributed by atoms with E-state index in [1.54, 1.807) is 0 Å². The van der Waals surface area contributed by atoms with Gasteiger partial charge < -0.3 is 9.80 Å². The third-order valence-corrected chi connectivity index (χ3v) is 18.3. The summed E-state index contributed by atoms with van der Waals surface area (Å²) >= 11 is 0. The number of benzene rings is 4. The quantitative estimate of drug-likeness (QED) is 0.0917. The molecule has 0 N–H and O–H groups in total. The van der Waals surface area contributed by atoms with E-state index in [9.17, 15) is 0 Å². The fourth-order valence-electron chi connectivity index (χ4n) is 13.8. The molecule has 7 aliphatic carbocycles. The Kier molecular flexibility index (Phi) is 20.7. The molecule has 0 bridgehead atoms. The van der Waals surface area contributed by atoms with Gasteiger partial charge in [-0.15, -0.1) is 0 Å². The van der Waals surface area contributed by atoms with Crippen molar-refractivity contribution in [2.24, 2.45) is 11.8 Å². The van der Waals surface area contributed by atoms with E-state index < -0.39 is 0 Å². The maximum absolute atomic E-state index is 3.67. The zero-order chi connectivity index (χ0) is 53.9. The van der Waals surface area contributed by atoms with Gasteiger partial charge >= 0.3 is 0 Å². The van der Waals surface area contributed by atoms with Crippen LogP contribution in [0.3, 0.4) is 0 Å². The van der Waals surface area contributed by atoms with E-state index in [2.05, 4.69) is 218 Å². The number of hydrogen-bond acceptors (Lipinski definition) is 2. The van der Waals surface area contributed by atoms with Gasteiger partial charge in [0.05, 0.1) is 5.70 Å². The lowest BCUT2D eigenvalue weighted by Crippen LogP contribution is -2.15. The molecule has 0 spiro atoms. The van der Waals surface area contributed by atoms with Crippen molar-refractivity contribution in [3.05, 3.63) is 238 Å². The fraction of sp³-hybridized carbons (Fsp3) is 0.416. The van der Waals surface area contributed by atoms with Gasteiger partial charge in [-0.3, -0.25) is 0 Å². The molecule has 4 aromatic carbocycles. The van der Waals surface area contributed by atoms with Crippen molar-refractivity contribution in [2.75, 3.05) is 9.80 Å². The summed E-state index contributed by atoms with van der Waals surface area (Å²) in [6.07, 6.45) is 67.7. The van der Waals surface area contributed by atoms with Crippen molar-refractivity contribution in [3.63, 3.8) is 0 Å². The Labute approximate surface area is 478 Å². The molecule has 1 unspecified atom stereocenters. The summed E-state index contributed by atoms with van der Waals surface area (Å²) in [5.74, 6) is 3.60. The topological polar surface area (TPSA) is 6.48 Å². The Hall–Kier alpha value is -6.34. The van der Waals surface area contributed by atoms with E-state index in [4.69, 9.17) is 0 Å². The van der Waals surface area contributed by atoms with Gasteiger partial charge in [0.1, 0.15) is 0 Å². The highest BCUT2D eigenvalue weighted by molar-refractivity contribution is 5.73. The number of anilines is 4. The highest BCUT2D eigenvalue weighted by Crippen LogP contribution is 2.41. The van der Waals surface area contributed by atoms with Crippen LogP contribution in [0.25, 0.3) is 6.08 Å². The largest absolute Gasteiger partial charge is 0.311 e. The minimum absolute atomic E-state index is 0.681. The second-order valence-corrected chi connectivity index (χ2v) is 24.1. The Bertz CT molecular complexity index is 2850. The summed E-state index contributed by atoms with van der Waals surface area (Å²) < 4.78 is 0. The summed E-state index contributed by atoms with van der Waals surface area (Å²) in [6, 6.07) is 37.8. The van der Waals surface area contributed by atoms with Gasteiger partial charge in [-0.25, -0.2) is 0 Å². The van der Waals surface area contributed by atoms with Gasteiger partial charge in [0.2, 0.25) is 0 Å². The normalized spacial score (nSPS) is 20.9. The molecule has 2 nitrogen and oxygen atoms in total. The molecular formula is C77H92N2. The zero-order valence-corrected chi connectivity index (χ0v) is 48.4. The third kappa shape index (κ3) is 15.5. The first-order chi connectivity index (χ1) is 39.1. The first kappa shape index (κ1) is 56.0. The van der Waals surface area contributed by atoms with Crippen molar-refractivity contribution >= 4 is 28.8 Å². The molecular weight excluding hydrogens is 953 g/mol. The monoisotopic (exact) mass is 1040 g/mol. The molecule has 0 saturated heterocycles. The van der Waals surface area contributed by atoms with E-state index in [0.29, 0.717) is 23.7 Å². The number of nitrogens with zero attached hydrogens (tertiary/aromatic N) is 2. The summed E-state index contributed by atoms with van der Waals surface area (Å²) in [7, 11) is 0. The molecule has 1 atom stereocenters. The van der Waals surface area contributed by atoms with E-state index in [1.807, 2.05) is 0 Å². The lowest BCUT2D eigenvalue weighted by Gasteiger charge is -2.28. The summed E-state index contributed by atoms with van der Waals surface area (Å²) in [6.45, 7) is 4.25. The predicted octanol–water partition coefficient (Wildman–Crippen LogP) is 23.0. The maximum atomic E-state index is 3.67. The summed E-state index contributed by atoms with van der Waals surface area (Å²) in [5.41, 5.74) is 20.2. The van der Waals surface area contributed by atoms with Crippen LogP contribution in [0.2, 0.25) is 0 Å². The first-order valence-corrected chi connectivity index (χ1v) is 31.8. The summed E-state index contributed by atoms with van der Waals surface area (Å²) in [5, 5.41) is 0. The van der Waals surface area contributed by atoms with Crippen molar-refractivity contribution in [2.45, 2.75) is 192 Å². The van der Waals surface area contributed by atoms with Crippen molar-refractivity contribution in [1.29, 1.82) is 0 Å². The third-order valence-electron chi connectivity index (χ3n) is 18.3. The molecule has 11 rings (SSSR count). The molecule has 0 heterocycles. The van der Waals surface area contributed by atoms with Gasteiger partial charge in [0.15, 0.2) is 0 Å². The molecule has 410 valence electrons. The van der Waals surface area contributed by atoms with Gasteiger partial charge in [-0.1, -0.05) is 225 Å². The first-order valence-electron chi connectivity index (χ1n) is 31.8. The number of hydrogen-bond donors (Lipinski definition) is 0. The SMILES string of the molecule is C1=CC=C(/C=C/C2=CCC=C(/C=C/c3ccc(N(C4=CCCC(C5CCCCCC5)C=C4)c4ccc(C5CCCCC5)cc4)cc3)C=C2)C=CC=1N(c1ccc(C2CCCCC2)cc1)c1ccc(C2CCCCC2)cc1.CCC. The summed E-state index contributed by atoms with van der Waals surface area (Å²) in [4.78, 5) is 4.90. The van der Waals surface area contributed by atoms with E-state index in [1.165, 1.54) is 210 Å². The van der Waals surface area contributed by atoms with Crippen molar-refractivity contribution in [3.8, 4) is 0 Å². The Morgan fingerprint density at radius 2 is 0.835 bits per heavy atom. The van der Waals surface area contributed by atoms with Gasteiger partial charge in [0.25, 0.3) is 0 Å². The Morgan fingerprint density at radius 3 is 1.34 bits per heavy atom. The lowest BCUT2D eigenvalue weighted by molar-refractivity contribution is 0.337. The molecule has 0 radical (unpaired) electrons. The zero-order valence-electron chi connectivity index (χ0n) is 48.4. The molecule has 4 aromatic rings. The highest BCUT2D eigenvalue weighted by Gasteiger charge is 2.25. The molecule has 0 aliphatic heterocycles. The van der Waals surface area contributed by atoms with Crippen LogP contribution in [0.5, 0.6) is 0 Å². The van der Waals surface area contributed by atoms with Crippen molar-refractivity contribution in [1.82, 2.24) is 0 Å². The highest BCUT2D eigenvalue weighted by atomic mass is 15.2. The lowest BCUT2D eigenvalue weighted by atomic mass is 9.83. The average Bonchev–Trinajstić information content (AvgIpc) is 4.14. The smallest absolute Gasteiger partial charge is 0.0890 e. The van der Waals surface area contributed by atoms with Crippen LogP contribution in [0.1, 0.15) is 214 Å². The molecule has 4 saturated carbocycles. The minimum Gasteiger partial charge on any atom is -0.311 e. The van der Waals surface area contributed by atoms with Crippen LogP contribution in [0.4, 0.5) is 22.7 Å². The van der Waals surface area contributed by atoms with E-state index in [-0.39, 0.29) is 0 Å². The van der Waals surface area contributed by atoms with Gasteiger partial charge in [0, 0.05) is 28.4 Å². The Balaban J connectivity index is 0.00000230. The van der Waals surface area contributed by atoms with E-state index >= 15 is 0 Å². The van der Waals surface area contributed by atoms with Crippen molar-refractivity contribution < 1.29 is 0 Å². The molecule has 79 heavy (non-hydrogen) atoms. The number of allylic oxidation sites excluding steroid dienone is 16. The van der Waals surface area contributed by atoms with Crippen LogP contribution in [-0.2, 0) is 0 Å². The number of rotatable bonds is 14. The Morgan fingerprint density at radius 1 is 0.418 bits per heavy atom. The van der Waals surface area contributed by atoms with Crippen LogP contribution < -0.4 is 9.80 Å². The molecule has 0 aromatic heterocycles. The van der Waals surface area contributed by atoms with Crippen LogP contribution in [0, 0.1) is 11.8 Å². The molecule has 7 aliphatic rings. The minimum atomic E-state index is 0.681. The average molecular weight is 1050 g/mol. The molecule has 2 heteroatoms. The van der Waals surface area contributed by atoms with Crippen LogP contribution in [0.15, 0.2) is 216 Å². The molecule has 0 amide bonds. The van der Waals surface area contributed by atoms with E-state index in [0.717, 1.165) is 30.0 Å².